The first-order valence-electron chi connectivity index (χ1n) is 10.9. The Kier molecular flexibility index (Phi) is 4.77. The van der Waals surface area contributed by atoms with Crippen molar-refractivity contribution in [3.63, 3.8) is 0 Å². The predicted octanol–water partition coefficient (Wildman–Crippen LogP) is 4.14. The third-order valence-corrected chi connectivity index (χ3v) is 6.62. The number of benzene rings is 1. The van der Waals surface area contributed by atoms with Crippen LogP contribution in [0.15, 0.2) is 41.3 Å². The fourth-order valence-electron chi connectivity index (χ4n) is 4.91. The minimum atomic E-state index is -4.73. The number of halogens is 5. The molecule has 0 spiro atoms. The molecule has 4 heterocycles. The summed E-state index contributed by atoms with van der Waals surface area (Å²) in [5, 5.41) is 0. The van der Waals surface area contributed by atoms with Gasteiger partial charge >= 0.3 is 11.9 Å². The van der Waals surface area contributed by atoms with Gasteiger partial charge in [0.05, 0.1) is 6.04 Å². The molecule has 0 amide bonds. The third kappa shape index (κ3) is 3.86. The monoisotopic (exact) mass is 492 g/mol. The molecule has 12 heteroatoms. The van der Waals surface area contributed by atoms with E-state index in [9.17, 15) is 26.7 Å². The Morgan fingerprint density at radius 1 is 1.09 bits per heavy atom. The van der Waals surface area contributed by atoms with E-state index >= 15 is 0 Å². The van der Waals surface area contributed by atoms with Crippen LogP contribution in [0.2, 0.25) is 0 Å². The zero-order chi connectivity index (χ0) is 24.5. The molecule has 3 unspecified atom stereocenters. The molecule has 3 aliphatic rings. The lowest BCUT2D eigenvalue weighted by Gasteiger charge is -2.20. The smallest absolute Gasteiger partial charge is 0.433 e. The SMILES string of the molecule is O=c1nc(OCc2cc(F)c(Oc3ccnc(C(F)(F)F)c3)c(F)c2)cc2n1CC1C3CC3CN21. The lowest BCUT2D eigenvalue weighted by molar-refractivity contribution is -0.141. The Hall–Kier alpha value is -3.70. The van der Waals surface area contributed by atoms with Crippen molar-refractivity contribution in [1.82, 2.24) is 14.5 Å². The molecule has 1 aliphatic carbocycles. The zero-order valence-corrected chi connectivity index (χ0v) is 17.9. The van der Waals surface area contributed by atoms with Gasteiger partial charge < -0.3 is 14.4 Å². The number of rotatable bonds is 5. The van der Waals surface area contributed by atoms with Crippen LogP contribution in [0, 0.1) is 23.5 Å². The number of anilines is 1. The summed E-state index contributed by atoms with van der Waals surface area (Å²) in [6, 6.07) is 5.43. The van der Waals surface area contributed by atoms with Crippen molar-refractivity contribution < 1.29 is 31.4 Å². The van der Waals surface area contributed by atoms with Crippen LogP contribution in [-0.2, 0) is 19.3 Å². The molecular weight excluding hydrogens is 475 g/mol. The second kappa shape index (κ2) is 7.65. The minimum absolute atomic E-state index is 0.0417. The molecule has 0 N–H and O–H groups in total. The molecule has 3 atom stereocenters. The van der Waals surface area contributed by atoms with Gasteiger partial charge in [-0.1, -0.05) is 0 Å². The number of aromatic nitrogens is 3. The van der Waals surface area contributed by atoms with Crippen LogP contribution in [0.5, 0.6) is 17.4 Å². The summed E-state index contributed by atoms with van der Waals surface area (Å²) in [4.78, 5) is 21.7. The van der Waals surface area contributed by atoms with Crippen molar-refractivity contribution >= 4 is 5.82 Å². The average molecular weight is 492 g/mol. The van der Waals surface area contributed by atoms with E-state index in [0.29, 0.717) is 30.5 Å². The van der Waals surface area contributed by atoms with Crippen molar-refractivity contribution in [3.8, 4) is 17.4 Å². The van der Waals surface area contributed by atoms with Crippen LogP contribution in [-0.4, -0.2) is 27.1 Å². The van der Waals surface area contributed by atoms with Crippen molar-refractivity contribution in [2.24, 2.45) is 11.8 Å². The maximum atomic E-state index is 14.6. The molecule has 2 aromatic heterocycles. The summed E-state index contributed by atoms with van der Waals surface area (Å²) in [5.41, 5.74) is -1.61. The Morgan fingerprint density at radius 3 is 2.60 bits per heavy atom. The van der Waals surface area contributed by atoms with Crippen LogP contribution in [0.1, 0.15) is 17.7 Å². The number of alkyl halides is 3. The van der Waals surface area contributed by atoms with Crippen LogP contribution in [0.3, 0.4) is 0 Å². The minimum Gasteiger partial charge on any atom is -0.473 e. The highest BCUT2D eigenvalue weighted by Crippen LogP contribution is 2.53. The average Bonchev–Trinajstić information content (AvgIpc) is 3.33. The second-order valence-electron chi connectivity index (χ2n) is 8.88. The van der Waals surface area contributed by atoms with E-state index in [4.69, 9.17) is 9.47 Å². The van der Waals surface area contributed by atoms with Gasteiger partial charge in [-0.2, -0.15) is 18.2 Å². The molecular formula is C23H17F5N4O3. The number of hydrogen-bond donors (Lipinski definition) is 0. The van der Waals surface area contributed by atoms with E-state index < -0.39 is 40.7 Å². The summed E-state index contributed by atoms with van der Waals surface area (Å²) < 4.78 is 79.7. The Balaban J connectivity index is 1.18. The Morgan fingerprint density at radius 2 is 1.86 bits per heavy atom. The number of ether oxygens (including phenoxy) is 2. The van der Waals surface area contributed by atoms with Crippen molar-refractivity contribution in [1.29, 1.82) is 0 Å². The number of piperidine rings is 1. The summed E-state index contributed by atoms with van der Waals surface area (Å²) >= 11 is 0. The van der Waals surface area contributed by atoms with Gasteiger partial charge in [-0.25, -0.2) is 13.6 Å². The van der Waals surface area contributed by atoms with E-state index in [1.165, 1.54) is 6.42 Å². The fourth-order valence-corrected chi connectivity index (χ4v) is 4.91. The molecule has 35 heavy (non-hydrogen) atoms. The van der Waals surface area contributed by atoms with Gasteiger partial charge in [0.25, 0.3) is 0 Å². The van der Waals surface area contributed by atoms with Crippen LogP contribution < -0.4 is 20.1 Å². The predicted molar refractivity (Wildman–Crippen MR) is 111 cm³/mol. The van der Waals surface area contributed by atoms with E-state index in [1.54, 1.807) is 10.6 Å². The number of hydrogen-bond acceptors (Lipinski definition) is 6. The fraction of sp³-hybridized carbons (Fsp3) is 0.348. The summed E-state index contributed by atoms with van der Waals surface area (Å²) in [5.74, 6) is -1.49. The Labute approximate surface area is 194 Å². The molecule has 1 saturated heterocycles. The third-order valence-electron chi connectivity index (χ3n) is 6.62. The van der Waals surface area contributed by atoms with Crippen molar-refractivity contribution in [2.45, 2.75) is 31.8 Å². The maximum absolute atomic E-state index is 14.6. The molecule has 182 valence electrons. The van der Waals surface area contributed by atoms with Gasteiger partial charge in [-0.3, -0.25) is 9.55 Å². The lowest BCUT2D eigenvalue weighted by Crippen LogP contribution is -2.28. The molecule has 7 nitrogen and oxygen atoms in total. The summed E-state index contributed by atoms with van der Waals surface area (Å²) in [6.45, 7) is 1.20. The topological polar surface area (TPSA) is 69.5 Å². The molecule has 2 aliphatic heterocycles. The number of fused-ring (bicyclic) bond motifs is 5. The molecule has 3 aromatic rings. The quantitative estimate of drug-likeness (QED) is 0.499. The van der Waals surface area contributed by atoms with Gasteiger partial charge in [0.1, 0.15) is 23.9 Å². The normalized spacial score (nSPS) is 22.0. The van der Waals surface area contributed by atoms with E-state index in [0.717, 1.165) is 36.8 Å². The first kappa shape index (κ1) is 21.8. The largest absolute Gasteiger partial charge is 0.473 e. The first-order valence-corrected chi connectivity index (χ1v) is 10.9. The molecule has 0 radical (unpaired) electrons. The molecule has 1 aromatic carbocycles. The van der Waals surface area contributed by atoms with Crippen molar-refractivity contribution in [3.05, 3.63) is 69.9 Å². The molecule has 0 bridgehead atoms. The summed E-state index contributed by atoms with van der Waals surface area (Å²) in [7, 11) is 0. The molecule has 1 saturated carbocycles. The number of nitrogens with zero attached hydrogens (tertiary/aromatic N) is 4. The highest BCUT2D eigenvalue weighted by Gasteiger charge is 2.55. The van der Waals surface area contributed by atoms with Gasteiger partial charge in [0.2, 0.25) is 5.88 Å². The van der Waals surface area contributed by atoms with Gasteiger partial charge in [0.15, 0.2) is 17.4 Å². The van der Waals surface area contributed by atoms with E-state index in [2.05, 4.69) is 14.9 Å². The van der Waals surface area contributed by atoms with Crippen LogP contribution >= 0.6 is 0 Å². The highest BCUT2D eigenvalue weighted by molar-refractivity contribution is 5.50. The molecule has 2 fully saturated rings. The summed E-state index contributed by atoms with van der Waals surface area (Å²) in [6.07, 6.45) is -2.72. The van der Waals surface area contributed by atoms with Gasteiger partial charge in [-0.15, -0.1) is 0 Å². The standard InChI is InChI=1S/C23H17F5N4O3/c24-15-3-11(4-16(25)21(15)35-13-1-2-29-18(6-13)23(26,27)28)10-34-19-7-20-31-8-12-5-14(12)17(31)9-32(20)22(33)30-19/h1-4,6-7,12,14,17H,5,8-10H2. The second-order valence-corrected chi connectivity index (χ2v) is 8.88. The first-order chi connectivity index (χ1) is 16.7. The molecule has 6 rings (SSSR count). The van der Waals surface area contributed by atoms with Crippen LogP contribution in [0.4, 0.5) is 27.8 Å². The maximum Gasteiger partial charge on any atom is 0.433 e. The lowest BCUT2D eigenvalue weighted by atomic mass is 10.2. The van der Waals surface area contributed by atoms with Crippen LogP contribution in [0.25, 0.3) is 0 Å². The van der Waals surface area contributed by atoms with E-state index in [-0.39, 0.29) is 18.1 Å². The van der Waals surface area contributed by atoms with Crippen molar-refractivity contribution in [2.75, 3.05) is 11.4 Å². The van der Waals surface area contributed by atoms with Gasteiger partial charge in [0, 0.05) is 31.4 Å². The van der Waals surface area contributed by atoms with E-state index in [1.807, 2.05) is 0 Å². The Bertz CT molecular complexity index is 1370. The zero-order valence-electron chi connectivity index (χ0n) is 17.9. The highest BCUT2D eigenvalue weighted by atomic mass is 19.4. The number of pyridine rings is 1. The van der Waals surface area contributed by atoms with Gasteiger partial charge in [-0.05, 0) is 42.0 Å².